The maximum Gasteiger partial charge on any atom is 0.193 e. The zero-order valence-electron chi connectivity index (χ0n) is 11.4. The predicted molar refractivity (Wildman–Crippen MR) is 82.2 cm³/mol. The van der Waals surface area contributed by atoms with Crippen LogP contribution in [0.3, 0.4) is 0 Å². The summed E-state index contributed by atoms with van der Waals surface area (Å²) in [5.41, 5.74) is 0.796. The summed E-state index contributed by atoms with van der Waals surface area (Å²) in [5.74, 6) is 0.561. The first-order chi connectivity index (χ1) is 10.1. The Labute approximate surface area is 133 Å². The zero-order valence-corrected chi connectivity index (χ0v) is 12.9. The fraction of sp³-hybridized carbons (Fsp3) is 0.250. The number of rotatable bonds is 3. The van der Waals surface area contributed by atoms with Crippen molar-refractivity contribution in [1.29, 1.82) is 0 Å². The van der Waals surface area contributed by atoms with Crippen molar-refractivity contribution in [3.8, 4) is 11.5 Å². The third kappa shape index (κ3) is 3.16. The number of hydrogen-bond donors (Lipinski definition) is 0. The lowest BCUT2D eigenvalue weighted by molar-refractivity contribution is -0.149. The normalized spacial score (nSPS) is 16.9. The largest absolute Gasteiger partial charge is 0.457 e. The lowest BCUT2D eigenvalue weighted by Gasteiger charge is -2.24. The Bertz CT molecular complexity index is 634. The van der Waals surface area contributed by atoms with Crippen LogP contribution in [0.5, 0.6) is 11.5 Å². The molecule has 21 heavy (non-hydrogen) atoms. The molecule has 0 aromatic heterocycles. The first kappa shape index (κ1) is 14.7. The van der Waals surface area contributed by atoms with Gasteiger partial charge in [-0.25, -0.2) is 0 Å². The van der Waals surface area contributed by atoms with Crippen LogP contribution in [0.1, 0.15) is 12.5 Å². The summed E-state index contributed by atoms with van der Waals surface area (Å²) in [6.45, 7) is 2.99. The van der Waals surface area contributed by atoms with Crippen molar-refractivity contribution in [3.05, 3.63) is 58.1 Å². The van der Waals surface area contributed by atoms with Gasteiger partial charge in [0.05, 0.1) is 18.2 Å². The number of ether oxygens (including phenoxy) is 3. The second-order valence-corrected chi connectivity index (χ2v) is 5.68. The fourth-order valence-electron chi connectivity index (χ4n) is 2.24. The highest BCUT2D eigenvalue weighted by Gasteiger charge is 2.35. The van der Waals surface area contributed by atoms with E-state index in [4.69, 9.17) is 37.4 Å². The molecule has 1 aliphatic heterocycles. The minimum atomic E-state index is -0.782. The Hall–Kier alpha value is -1.26. The lowest BCUT2D eigenvalue weighted by atomic mass is 10.1. The summed E-state index contributed by atoms with van der Waals surface area (Å²) in [6, 6.07) is 12.6. The van der Waals surface area contributed by atoms with Gasteiger partial charge in [-0.2, -0.15) is 0 Å². The Morgan fingerprint density at radius 2 is 1.57 bits per heavy atom. The molecule has 1 heterocycles. The third-order valence-corrected chi connectivity index (χ3v) is 3.88. The van der Waals surface area contributed by atoms with Crippen LogP contribution < -0.4 is 4.74 Å². The highest BCUT2D eigenvalue weighted by atomic mass is 35.5. The van der Waals surface area contributed by atoms with Gasteiger partial charge in [0.1, 0.15) is 11.5 Å². The van der Waals surface area contributed by atoms with Crippen LogP contribution in [0.4, 0.5) is 0 Å². The summed E-state index contributed by atoms with van der Waals surface area (Å²) in [4.78, 5) is 0. The molecule has 0 atom stereocenters. The van der Waals surface area contributed by atoms with Crippen LogP contribution in [0.25, 0.3) is 0 Å². The molecule has 1 aliphatic rings. The molecule has 2 aromatic rings. The molecule has 0 bridgehead atoms. The molecule has 0 spiro atoms. The van der Waals surface area contributed by atoms with Crippen molar-refractivity contribution in [2.24, 2.45) is 0 Å². The van der Waals surface area contributed by atoms with Gasteiger partial charge in [0, 0.05) is 10.6 Å². The van der Waals surface area contributed by atoms with Gasteiger partial charge in [-0.1, -0.05) is 23.2 Å². The maximum absolute atomic E-state index is 6.33. The average Bonchev–Trinajstić information content (AvgIpc) is 2.89. The van der Waals surface area contributed by atoms with Gasteiger partial charge in [0.25, 0.3) is 0 Å². The van der Waals surface area contributed by atoms with Crippen molar-refractivity contribution in [1.82, 2.24) is 0 Å². The standard InChI is InChI=1S/C16H14Cl2O3/c1-16(19-8-9-20-16)14-7-6-13(10-15(14)18)21-12-4-2-11(17)3-5-12/h2-7,10H,8-9H2,1H3. The van der Waals surface area contributed by atoms with Crippen molar-refractivity contribution in [2.45, 2.75) is 12.7 Å². The van der Waals surface area contributed by atoms with Crippen molar-refractivity contribution in [3.63, 3.8) is 0 Å². The van der Waals surface area contributed by atoms with Gasteiger partial charge < -0.3 is 14.2 Å². The van der Waals surface area contributed by atoms with E-state index in [1.807, 2.05) is 19.1 Å². The molecule has 1 saturated heterocycles. The number of hydrogen-bond acceptors (Lipinski definition) is 3. The molecular formula is C16H14Cl2O3. The van der Waals surface area contributed by atoms with E-state index in [2.05, 4.69) is 0 Å². The second kappa shape index (κ2) is 5.85. The molecule has 3 rings (SSSR count). The van der Waals surface area contributed by atoms with Crippen LogP contribution in [0, 0.1) is 0 Å². The summed E-state index contributed by atoms with van der Waals surface area (Å²) in [7, 11) is 0. The lowest BCUT2D eigenvalue weighted by Crippen LogP contribution is -2.22. The van der Waals surface area contributed by atoms with Gasteiger partial charge in [0.15, 0.2) is 5.79 Å². The highest BCUT2D eigenvalue weighted by Crippen LogP contribution is 2.37. The Balaban J connectivity index is 1.82. The van der Waals surface area contributed by atoms with Gasteiger partial charge >= 0.3 is 0 Å². The molecule has 0 saturated carbocycles. The van der Waals surface area contributed by atoms with Crippen LogP contribution >= 0.6 is 23.2 Å². The van der Waals surface area contributed by atoms with E-state index in [1.54, 1.807) is 30.3 Å². The molecule has 0 unspecified atom stereocenters. The van der Waals surface area contributed by atoms with Crippen molar-refractivity contribution in [2.75, 3.05) is 13.2 Å². The minimum absolute atomic E-state index is 0.547. The van der Waals surface area contributed by atoms with Crippen LogP contribution in [0.15, 0.2) is 42.5 Å². The monoisotopic (exact) mass is 324 g/mol. The van der Waals surface area contributed by atoms with Crippen molar-refractivity contribution < 1.29 is 14.2 Å². The summed E-state index contributed by atoms with van der Waals surface area (Å²) >= 11 is 12.2. The van der Waals surface area contributed by atoms with Crippen LogP contribution in [-0.2, 0) is 15.3 Å². The minimum Gasteiger partial charge on any atom is -0.457 e. The Morgan fingerprint density at radius 3 is 2.19 bits per heavy atom. The smallest absolute Gasteiger partial charge is 0.193 e. The molecule has 0 aliphatic carbocycles. The van der Waals surface area contributed by atoms with E-state index in [0.717, 1.165) is 5.56 Å². The zero-order chi connectivity index (χ0) is 14.9. The van der Waals surface area contributed by atoms with Crippen molar-refractivity contribution >= 4 is 23.2 Å². The molecule has 0 radical (unpaired) electrons. The molecule has 2 aromatic carbocycles. The van der Waals surface area contributed by atoms with Gasteiger partial charge in [-0.3, -0.25) is 0 Å². The van der Waals surface area contributed by atoms with E-state index in [9.17, 15) is 0 Å². The topological polar surface area (TPSA) is 27.7 Å². The average molecular weight is 325 g/mol. The molecule has 1 fully saturated rings. The molecule has 0 amide bonds. The predicted octanol–water partition coefficient (Wildman–Crippen LogP) is 5.01. The molecule has 110 valence electrons. The van der Waals surface area contributed by atoms with Crippen LogP contribution in [0.2, 0.25) is 10.0 Å². The fourth-order valence-corrected chi connectivity index (χ4v) is 2.70. The summed E-state index contributed by atoms with van der Waals surface area (Å²) in [6.07, 6.45) is 0. The SMILES string of the molecule is CC1(c2ccc(Oc3ccc(Cl)cc3)cc2Cl)OCCO1. The number of halogens is 2. The van der Waals surface area contributed by atoms with E-state index < -0.39 is 5.79 Å². The van der Waals surface area contributed by atoms with E-state index >= 15 is 0 Å². The molecule has 5 heteroatoms. The van der Waals surface area contributed by atoms with Gasteiger partial charge in [-0.05, 0) is 49.4 Å². The molecule has 0 N–H and O–H groups in total. The van der Waals surface area contributed by atoms with Crippen LogP contribution in [-0.4, -0.2) is 13.2 Å². The van der Waals surface area contributed by atoms with Gasteiger partial charge in [-0.15, -0.1) is 0 Å². The Kier molecular flexibility index (Phi) is 4.09. The third-order valence-electron chi connectivity index (χ3n) is 3.32. The van der Waals surface area contributed by atoms with E-state index in [0.29, 0.717) is 34.8 Å². The quantitative estimate of drug-likeness (QED) is 0.794. The van der Waals surface area contributed by atoms with E-state index in [1.165, 1.54) is 0 Å². The highest BCUT2D eigenvalue weighted by molar-refractivity contribution is 6.31. The Morgan fingerprint density at radius 1 is 0.952 bits per heavy atom. The van der Waals surface area contributed by atoms with E-state index in [-0.39, 0.29) is 0 Å². The van der Waals surface area contributed by atoms with Gasteiger partial charge in [0.2, 0.25) is 0 Å². The molecular weight excluding hydrogens is 311 g/mol. The second-order valence-electron chi connectivity index (χ2n) is 4.84. The maximum atomic E-state index is 6.33. The first-order valence-corrected chi connectivity index (χ1v) is 7.34. The summed E-state index contributed by atoms with van der Waals surface area (Å²) in [5, 5.41) is 1.21. The first-order valence-electron chi connectivity index (χ1n) is 6.58. The number of benzene rings is 2. The molecule has 3 nitrogen and oxygen atoms in total. The summed E-state index contributed by atoms with van der Waals surface area (Å²) < 4.78 is 17.0.